The first-order valence-electron chi connectivity index (χ1n) is 7.86. The molecule has 2 saturated carbocycles. The van der Waals surface area contributed by atoms with Crippen molar-refractivity contribution in [3.8, 4) is 5.75 Å². The fourth-order valence-corrected chi connectivity index (χ4v) is 4.55. The molecule has 2 atom stereocenters. The third-order valence-corrected chi connectivity index (χ3v) is 6.78. The maximum Gasteiger partial charge on any atom is 0.231 e. The van der Waals surface area contributed by atoms with Crippen LogP contribution in [0, 0.1) is 16.2 Å². The van der Waals surface area contributed by atoms with Crippen LogP contribution in [0.3, 0.4) is 0 Å². The molecule has 124 valence electrons. The zero-order valence-corrected chi connectivity index (χ0v) is 14.7. The molecule has 1 amide bonds. The van der Waals surface area contributed by atoms with Gasteiger partial charge in [0.15, 0.2) is 0 Å². The Morgan fingerprint density at radius 1 is 1.26 bits per heavy atom. The van der Waals surface area contributed by atoms with Gasteiger partial charge in [0, 0.05) is 16.9 Å². The first-order valence-corrected chi connectivity index (χ1v) is 8.24. The summed E-state index contributed by atoms with van der Waals surface area (Å²) in [5, 5.41) is 3.48. The second-order valence-corrected chi connectivity index (χ2v) is 7.87. The van der Waals surface area contributed by atoms with Crippen LogP contribution in [0.15, 0.2) is 18.2 Å². The van der Waals surface area contributed by atoms with E-state index in [9.17, 15) is 9.59 Å². The van der Waals surface area contributed by atoms with Crippen molar-refractivity contribution < 1.29 is 14.3 Å². The van der Waals surface area contributed by atoms with Gasteiger partial charge in [-0.3, -0.25) is 9.59 Å². The predicted molar refractivity (Wildman–Crippen MR) is 89.8 cm³/mol. The summed E-state index contributed by atoms with van der Waals surface area (Å²) >= 11 is 6.03. The molecule has 5 heteroatoms. The average Bonchev–Trinajstić information content (AvgIpc) is 2.78. The van der Waals surface area contributed by atoms with Crippen molar-refractivity contribution in [3.63, 3.8) is 0 Å². The molecule has 0 saturated heterocycles. The van der Waals surface area contributed by atoms with Gasteiger partial charge in [-0.25, -0.2) is 0 Å². The third kappa shape index (κ3) is 1.97. The van der Waals surface area contributed by atoms with Crippen LogP contribution in [0.2, 0.25) is 5.02 Å². The SMILES string of the molecule is COc1ccc(Cl)cc1NC(=O)[C@]12CC[C@](C)(C(=O)C1)C2(C)C. The van der Waals surface area contributed by atoms with Gasteiger partial charge in [-0.2, -0.15) is 0 Å². The molecule has 0 aromatic heterocycles. The summed E-state index contributed by atoms with van der Waals surface area (Å²) in [7, 11) is 1.55. The van der Waals surface area contributed by atoms with E-state index in [2.05, 4.69) is 5.32 Å². The first-order chi connectivity index (χ1) is 10.7. The minimum absolute atomic E-state index is 0.113. The summed E-state index contributed by atoms with van der Waals surface area (Å²) in [5.41, 5.74) is -0.898. The number of Topliss-reactive ketones (excluding diaryl/α,β-unsaturated/α-hetero) is 1. The highest BCUT2D eigenvalue weighted by Crippen LogP contribution is 2.70. The molecule has 23 heavy (non-hydrogen) atoms. The van der Waals surface area contributed by atoms with Gasteiger partial charge in [-0.15, -0.1) is 0 Å². The van der Waals surface area contributed by atoms with E-state index in [4.69, 9.17) is 16.3 Å². The Balaban J connectivity index is 1.96. The van der Waals surface area contributed by atoms with Crippen molar-refractivity contribution >= 4 is 29.0 Å². The van der Waals surface area contributed by atoms with E-state index >= 15 is 0 Å². The van der Waals surface area contributed by atoms with Crippen LogP contribution in [0.25, 0.3) is 0 Å². The number of anilines is 1. The summed E-state index contributed by atoms with van der Waals surface area (Å²) in [6.07, 6.45) is 1.81. The zero-order chi connectivity index (χ0) is 17.0. The smallest absolute Gasteiger partial charge is 0.231 e. The van der Waals surface area contributed by atoms with E-state index in [1.54, 1.807) is 25.3 Å². The Morgan fingerprint density at radius 2 is 1.96 bits per heavy atom. The number of carbonyl (C=O) groups excluding carboxylic acids is 2. The van der Waals surface area contributed by atoms with Crippen LogP contribution in [-0.4, -0.2) is 18.8 Å². The number of hydrogen-bond acceptors (Lipinski definition) is 3. The van der Waals surface area contributed by atoms with Crippen LogP contribution in [-0.2, 0) is 9.59 Å². The molecule has 2 bridgehead atoms. The van der Waals surface area contributed by atoms with E-state index in [0.717, 1.165) is 12.8 Å². The monoisotopic (exact) mass is 335 g/mol. The molecule has 0 aliphatic heterocycles. The minimum atomic E-state index is -0.661. The van der Waals surface area contributed by atoms with Crippen LogP contribution >= 0.6 is 11.6 Å². The molecule has 2 aliphatic rings. The zero-order valence-electron chi connectivity index (χ0n) is 14.0. The summed E-state index contributed by atoms with van der Waals surface area (Å²) in [6, 6.07) is 5.11. The van der Waals surface area contributed by atoms with Crippen molar-refractivity contribution in [1.82, 2.24) is 0 Å². The van der Waals surface area contributed by atoms with E-state index in [-0.39, 0.29) is 17.1 Å². The number of benzene rings is 1. The molecule has 2 aliphatic carbocycles. The highest BCUT2D eigenvalue weighted by molar-refractivity contribution is 6.31. The number of fused-ring (bicyclic) bond motifs is 2. The molecule has 3 rings (SSSR count). The van der Waals surface area contributed by atoms with Crippen LogP contribution in [0.4, 0.5) is 5.69 Å². The first kappa shape index (κ1) is 16.3. The Kier molecular flexibility index (Phi) is 3.53. The van der Waals surface area contributed by atoms with Crippen molar-refractivity contribution in [2.45, 2.75) is 40.0 Å². The van der Waals surface area contributed by atoms with Gasteiger partial charge in [0.1, 0.15) is 11.5 Å². The molecule has 1 aromatic rings. The number of nitrogens with one attached hydrogen (secondary N) is 1. The Bertz CT molecular complexity index is 700. The Hall–Kier alpha value is -1.55. The van der Waals surface area contributed by atoms with Gasteiger partial charge in [-0.05, 0) is 36.5 Å². The molecule has 0 unspecified atom stereocenters. The van der Waals surface area contributed by atoms with Crippen LogP contribution in [0.5, 0.6) is 5.75 Å². The van der Waals surface area contributed by atoms with Crippen molar-refractivity contribution in [2.75, 3.05) is 12.4 Å². The Morgan fingerprint density at radius 3 is 2.48 bits per heavy atom. The maximum atomic E-state index is 13.1. The van der Waals surface area contributed by atoms with Gasteiger partial charge in [0.05, 0.1) is 18.2 Å². The summed E-state index contributed by atoms with van der Waals surface area (Å²) < 4.78 is 5.29. The van der Waals surface area contributed by atoms with Crippen molar-refractivity contribution in [1.29, 1.82) is 0 Å². The normalized spacial score (nSPS) is 31.3. The predicted octanol–water partition coefficient (Wildman–Crippen LogP) is 4.07. The van der Waals surface area contributed by atoms with E-state index < -0.39 is 10.8 Å². The summed E-state index contributed by atoms with van der Waals surface area (Å²) in [4.78, 5) is 25.6. The average molecular weight is 336 g/mol. The van der Waals surface area contributed by atoms with Gasteiger partial charge < -0.3 is 10.1 Å². The lowest BCUT2D eigenvalue weighted by Crippen LogP contribution is -2.43. The number of methoxy groups -OCH3 is 1. The largest absolute Gasteiger partial charge is 0.495 e. The van der Waals surface area contributed by atoms with Crippen LogP contribution < -0.4 is 10.1 Å². The highest BCUT2D eigenvalue weighted by Gasteiger charge is 2.72. The van der Waals surface area contributed by atoms with Gasteiger partial charge in [-0.1, -0.05) is 32.4 Å². The van der Waals surface area contributed by atoms with E-state index in [0.29, 0.717) is 22.9 Å². The second-order valence-electron chi connectivity index (χ2n) is 7.44. The Labute approximate surface area is 141 Å². The maximum absolute atomic E-state index is 13.1. The lowest BCUT2D eigenvalue weighted by atomic mass is 9.64. The van der Waals surface area contributed by atoms with Crippen molar-refractivity contribution in [3.05, 3.63) is 23.2 Å². The van der Waals surface area contributed by atoms with E-state index in [1.807, 2.05) is 20.8 Å². The molecule has 0 radical (unpaired) electrons. The number of halogens is 1. The number of ether oxygens (including phenoxy) is 1. The number of ketones is 1. The molecule has 0 spiro atoms. The van der Waals surface area contributed by atoms with Crippen molar-refractivity contribution in [2.24, 2.45) is 16.2 Å². The summed E-state index contributed by atoms with van der Waals surface area (Å²) in [6.45, 7) is 6.08. The lowest BCUT2D eigenvalue weighted by molar-refractivity contribution is -0.131. The quantitative estimate of drug-likeness (QED) is 0.905. The molecular weight excluding hydrogens is 314 g/mol. The fraction of sp³-hybridized carbons (Fsp3) is 0.556. The number of carbonyl (C=O) groups is 2. The molecular formula is C18H22ClNO3. The molecule has 1 N–H and O–H groups in total. The molecule has 1 aromatic carbocycles. The standard InChI is InChI=1S/C18H22ClNO3/c1-16(2)17(3)7-8-18(16,10-14(17)21)15(22)20-12-9-11(19)5-6-13(12)23-4/h5-6,9H,7-8,10H2,1-4H3,(H,20,22)/t17-,18+/m1/s1. The van der Waals surface area contributed by atoms with Crippen LogP contribution in [0.1, 0.15) is 40.0 Å². The molecule has 4 nitrogen and oxygen atoms in total. The highest BCUT2D eigenvalue weighted by atomic mass is 35.5. The minimum Gasteiger partial charge on any atom is -0.495 e. The number of amides is 1. The lowest BCUT2D eigenvalue weighted by Gasteiger charge is -2.38. The second kappa shape index (κ2) is 4.97. The molecule has 2 fully saturated rings. The third-order valence-electron chi connectivity index (χ3n) is 6.55. The van der Waals surface area contributed by atoms with Gasteiger partial charge in [0.2, 0.25) is 5.91 Å². The number of hydrogen-bond donors (Lipinski definition) is 1. The van der Waals surface area contributed by atoms with Gasteiger partial charge in [0.25, 0.3) is 0 Å². The fourth-order valence-electron chi connectivity index (χ4n) is 4.38. The number of rotatable bonds is 3. The van der Waals surface area contributed by atoms with E-state index in [1.165, 1.54) is 0 Å². The molecule has 0 heterocycles. The van der Waals surface area contributed by atoms with Gasteiger partial charge >= 0.3 is 0 Å². The topological polar surface area (TPSA) is 55.4 Å². The summed E-state index contributed by atoms with van der Waals surface area (Å²) in [5.74, 6) is 0.640.